The summed E-state index contributed by atoms with van der Waals surface area (Å²) in [6.45, 7) is 0.481. The van der Waals surface area contributed by atoms with Crippen LogP contribution in [0.4, 0.5) is 5.69 Å². The third-order valence-electron chi connectivity index (χ3n) is 3.75. The Morgan fingerprint density at radius 1 is 1.16 bits per heavy atom. The number of hydrogen-bond donors (Lipinski definition) is 0. The van der Waals surface area contributed by atoms with Crippen molar-refractivity contribution in [1.29, 1.82) is 0 Å². The molecular formula is C18H25N3O4. The minimum absolute atomic E-state index is 0.314. The van der Waals surface area contributed by atoms with Crippen molar-refractivity contribution in [2.24, 2.45) is 5.11 Å². The molecule has 1 aromatic carbocycles. The Balaban J connectivity index is 2.37. The molecule has 7 heteroatoms. The molecule has 0 aliphatic rings. The maximum atomic E-state index is 11.8. The van der Waals surface area contributed by atoms with Crippen molar-refractivity contribution in [2.45, 2.75) is 51.4 Å². The normalized spacial score (nSPS) is 9.96. The van der Waals surface area contributed by atoms with E-state index in [0.29, 0.717) is 30.0 Å². The van der Waals surface area contributed by atoms with Crippen LogP contribution in [0.5, 0.6) is 5.75 Å². The number of nitrogens with zero attached hydrogens (tertiary/aromatic N) is 3. The van der Waals surface area contributed by atoms with Crippen LogP contribution in [0.3, 0.4) is 0 Å². The number of carbonyl (C=O) groups excluding carboxylic acids is 2. The number of esters is 1. The van der Waals surface area contributed by atoms with Crippen LogP contribution in [0.15, 0.2) is 23.3 Å². The van der Waals surface area contributed by atoms with Crippen molar-refractivity contribution in [3.63, 3.8) is 0 Å². The molecule has 0 atom stereocenters. The molecule has 0 radical (unpaired) electrons. The highest BCUT2D eigenvalue weighted by Crippen LogP contribution is 2.26. The van der Waals surface area contributed by atoms with E-state index >= 15 is 0 Å². The molecule has 0 N–H and O–H groups in total. The SMILES string of the molecule is COC(=O)c1ccc(N=[N+]=[N-])cc1OCCCCCCCCCC=O. The van der Waals surface area contributed by atoms with Gasteiger partial charge < -0.3 is 14.3 Å². The number of ether oxygens (including phenoxy) is 2. The number of carbonyl (C=O) groups is 2. The molecule has 0 unspecified atom stereocenters. The number of benzene rings is 1. The first-order valence-electron chi connectivity index (χ1n) is 8.56. The summed E-state index contributed by atoms with van der Waals surface area (Å²) in [6, 6.07) is 4.62. The lowest BCUT2D eigenvalue weighted by molar-refractivity contribution is -0.107. The molecule has 7 nitrogen and oxygen atoms in total. The van der Waals surface area contributed by atoms with Gasteiger partial charge in [0.2, 0.25) is 0 Å². The molecular weight excluding hydrogens is 322 g/mol. The van der Waals surface area contributed by atoms with Crippen molar-refractivity contribution in [2.75, 3.05) is 13.7 Å². The minimum atomic E-state index is -0.488. The third kappa shape index (κ3) is 8.22. The second-order valence-corrected chi connectivity index (χ2v) is 5.64. The summed E-state index contributed by atoms with van der Waals surface area (Å²) in [5, 5.41) is 3.52. The number of unbranched alkanes of at least 4 members (excludes halogenated alkanes) is 7. The van der Waals surface area contributed by atoms with Gasteiger partial charge in [0.05, 0.1) is 13.7 Å². The molecule has 0 aliphatic heterocycles. The van der Waals surface area contributed by atoms with Crippen LogP contribution in [0.25, 0.3) is 10.4 Å². The zero-order valence-corrected chi connectivity index (χ0v) is 14.6. The van der Waals surface area contributed by atoms with Crippen LogP contribution in [0.1, 0.15) is 61.7 Å². The molecule has 0 bridgehead atoms. The Labute approximate surface area is 147 Å². The van der Waals surface area contributed by atoms with Gasteiger partial charge in [-0.2, -0.15) is 0 Å². The van der Waals surface area contributed by atoms with Crippen molar-refractivity contribution >= 4 is 17.9 Å². The van der Waals surface area contributed by atoms with Crippen LogP contribution in [-0.4, -0.2) is 26.0 Å². The first kappa shape index (κ1) is 20.5. The minimum Gasteiger partial charge on any atom is -0.493 e. The van der Waals surface area contributed by atoms with Crippen LogP contribution in [-0.2, 0) is 9.53 Å². The predicted molar refractivity (Wildman–Crippen MR) is 95.1 cm³/mol. The molecule has 0 spiro atoms. The Morgan fingerprint density at radius 2 is 1.84 bits per heavy atom. The molecule has 25 heavy (non-hydrogen) atoms. The maximum Gasteiger partial charge on any atom is 0.341 e. The summed E-state index contributed by atoms with van der Waals surface area (Å²) in [7, 11) is 1.31. The number of azide groups is 1. The maximum absolute atomic E-state index is 11.8. The van der Waals surface area contributed by atoms with Crippen LogP contribution in [0, 0.1) is 0 Å². The predicted octanol–water partition coefficient (Wildman–Crippen LogP) is 5.11. The van der Waals surface area contributed by atoms with E-state index in [1.54, 1.807) is 12.1 Å². The average molecular weight is 347 g/mol. The summed E-state index contributed by atoms with van der Waals surface area (Å²) in [5.41, 5.74) is 9.21. The zero-order chi connectivity index (χ0) is 18.3. The van der Waals surface area contributed by atoms with Gasteiger partial charge in [0.15, 0.2) is 0 Å². The van der Waals surface area contributed by atoms with E-state index in [1.807, 2.05) is 0 Å². The molecule has 0 fully saturated rings. The number of aldehydes is 1. The fourth-order valence-electron chi connectivity index (χ4n) is 2.42. The highest BCUT2D eigenvalue weighted by Gasteiger charge is 2.13. The van der Waals surface area contributed by atoms with Crippen molar-refractivity contribution in [1.82, 2.24) is 0 Å². The largest absolute Gasteiger partial charge is 0.493 e. The fraction of sp³-hybridized carbons (Fsp3) is 0.556. The Morgan fingerprint density at radius 3 is 2.48 bits per heavy atom. The van der Waals surface area contributed by atoms with E-state index in [2.05, 4.69) is 10.0 Å². The fourth-order valence-corrected chi connectivity index (χ4v) is 2.42. The molecule has 136 valence electrons. The second kappa shape index (κ2) is 12.8. The molecule has 0 aromatic heterocycles. The molecule has 0 amide bonds. The van der Waals surface area contributed by atoms with Gasteiger partial charge in [0, 0.05) is 17.0 Å². The lowest BCUT2D eigenvalue weighted by atomic mass is 10.1. The molecule has 0 saturated carbocycles. The van der Waals surface area contributed by atoms with Crippen molar-refractivity contribution in [3.05, 3.63) is 34.2 Å². The first-order valence-corrected chi connectivity index (χ1v) is 8.56. The van der Waals surface area contributed by atoms with Crippen LogP contribution < -0.4 is 4.74 Å². The molecule has 0 saturated heterocycles. The van der Waals surface area contributed by atoms with Gasteiger partial charge in [-0.3, -0.25) is 0 Å². The van der Waals surface area contributed by atoms with Gasteiger partial charge in [-0.15, -0.1) is 0 Å². The van der Waals surface area contributed by atoms with Crippen molar-refractivity contribution in [3.8, 4) is 5.75 Å². The van der Waals surface area contributed by atoms with E-state index < -0.39 is 5.97 Å². The highest BCUT2D eigenvalue weighted by molar-refractivity contribution is 5.93. The molecule has 0 heterocycles. The third-order valence-corrected chi connectivity index (χ3v) is 3.75. The standard InChI is InChI=1S/C18H25N3O4/c1-24-18(23)16-11-10-15(20-21-19)14-17(16)25-13-9-7-5-3-2-4-6-8-12-22/h10-12,14H,2-9,13H2,1H3. The number of methoxy groups -OCH3 is 1. The van der Waals surface area contributed by atoms with E-state index in [-0.39, 0.29) is 0 Å². The monoisotopic (exact) mass is 347 g/mol. The number of rotatable bonds is 13. The summed E-state index contributed by atoms with van der Waals surface area (Å²) < 4.78 is 10.4. The van der Waals surface area contributed by atoms with E-state index in [4.69, 9.17) is 15.0 Å². The topological polar surface area (TPSA) is 101 Å². The van der Waals surface area contributed by atoms with Crippen LogP contribution >= 0.6 is 0 Å². The Bertz CT molecular complexity index is 598. The van der Waals surface area contributed by atoms with E-state index in [1.165, 1.54) is 13.2 Å². The van der Waals surface area contributed by atoms with Gasteiger partial charge in [-0.25, -0.2) is 4.79 Å². The van der Waals surface area contributed by atoms with E-state index in [0.717, 1.165) is 51.2 Å². The summed E-state index contributed by atoms with van der Waals surface area (Å²) in [5.74, 6) is -0.122. The van der Waals surface area contributed by atoms with Crippen LogP contribution in [0.2, 0.25) is 0 Å². The van der Waals surface area contributed by atoms with Gasteiger partial charge in [-0.1, -0.05) is 43.3 Å². The summed E-state index contributed by atoms with van der Waals surface area (Å²) in [6.07, 6.45) is 9.04. The van der Waals surface area contributed by atoms with Gasteiger partial charge in [0.25, 0.3) is 0 Å². The first-order chi connectivity index (χ1) is 12.2. The molecule has 1 rings (SSSR count). The molecule has 0 aliphatic carbocycles. The lowest BCUT2D eigenvalue weighted by Gasteiger charge is -2.11. The average Bonchev–Trinajstić information content (AvgIpc) is 2.63. The Kier molecular flexibility index (Phi) is 10.5. The Hall–Kier alpha value is -2.53. The number of hydrogen-bond acceptors (Lipinski definition) is 5. The summed E-state index contributed by atoms with van der Waals surface area (Å²) in [4.78, 5) is 24.7. The van der Waals surface area contributed by atoms with Gasteiger partial charge >= 0.3 is 5.97 Å². The van der Waals surface area contributed by atoms with Gasteiger partial charge in [-0.05, 0) is 30.5 Å². The lowest BCUT2D eigenvalue weighted by Crippen LogP contribution is -2.06. The van der Waals surface area contributed by atoms with Gasteiger partial charge in [0.1, 0.15) is 17.6 Å². The van der Waals surface area contributed by atoms with E-state index in [9.17, 15) is 9.59 Å². The van der Waals surface area contributed by atoms with Crippen molar-refractivity contribution < 1.29 is 19.1 Å². The smallest absolute Gasteiger partial charge is 0.341 e. The second-order valence-electron chi connectivity index (χ2n) is 5.64. The zero-order valence-electron chi connectivity index (χ0n) is 14.6. The molecule has 1 aromatic rings. The highest BCUT2D eigenvalue weighted by atomic mass is 16.5. The quantitative estimate of drug-likeness (QED) is 0.123. The summed E-state index contributed by atoms with van der Waals surface area (Å²) >= 11 is 0.